The van der Waals surface area contributed by atoms with E-state index in [2.05, 4.69) is 4.74 Å². The molecule has 0 amide bonds. The van der Waals surface area contributed by atoms with Gasteiger partial charge < -0.3 is 14.0 Å². The molecule has 4 heteroatoms. The number of carbonyl (C=O) groups is 1. The van der Waals surface area contributed by atoms with E-state index in [1.54, 1.807) is 7.11 Å². The van der Waals surface area contributed by atoms with Gasteiger partial charge in [-0.2, -0.15) is 0 Å². The predicted octanol–water partition coefficient (Wildman–Crippen LogP) is 1.82. The van der Waals surface area contributed by atoms with Crippen LogP contribution >= 0.6 is 0 Å². The number of benzene rings is 1. The summed E-state index contributed by atoms with van der Waals surface area (Å²) in [5, 5.41) is 0.994. The second-order valence-electron chi connectivity index (χ2n) is 3.41. The average Bonchev–Trinajstić information content (AvgIpc) is 2.72. The fourth-order valence-corrected chi connectivity index (χ4v) is 1.71. The minimum Gasteiger partial charge on any atom is -0.496 e. The molecule has 2 rings (SSSR count). The van der Waals surface area contributed by atoms with Crippen molar-refractivity contribution in [1.82, 2.24) is 4.57 Å². The predicted molar refractivity (Wildman–Crippen MR) is 60.5 cm³/mol. The Kier molecular flexibility index (Phi) is 2.81. The smallest absolute Gasteiger partial charge is 0.325 e. The van der Waals surface area contributed by atoms with Gasteiger partial charge in [0.25, 0.3) is 0 Å². The first-order chi connectivity index (χ1) is 7.76. The second-order valence-corrected chi connectivity index (χ2v) is 3.41. The Labute approximate surface area is 93.4 Å². The molecule has 1 aromatic carbocycles. The highest BCUT2D eigenvalue weighted by Gasteiger charge is 2.08. The zero-order valence-corrected chi connectivity index (χ0v) is 9.27. The summed E-state index contributed by atoms with van der Waals surface area (Å²) >= 11 is 0. The van der Waals surface area contributed by atoms with Gasteiger partial charge in [0.05, 0.1) is 19.7 Å². The Balaban J connectivity index is 2.45. The molecule has 0 fully saturated rings. The van der Waals surface area contributed by atoms with E-state index in [4.69, 9.17) is 4.74 Å². The molecule has 1 aromatic heterocycles. The maximum absolute atomic E-state index is 11.2. The van der Waals surface area contributed by atoms with Crippen LogP contribution in [0.5, 0.6) is 5.75 Å². The summed E-state index contributed by atoms with van der Waals surface area (Å²) in [5.74, 6) is 0.543. The maximum Gasteiger partial charge on any atom is 0.325 e. The van der Waals surface area contributed by atoms with Gasteiger partial charge in [-0.3, -0.25) is 4.79 Å². The van der Waals surface area contributed by atoms with E-state index in [1.165, 1.54) is 7.11 Å². The van der Waals surface area contributed by atoms with Crippen LogP contribution in [0.4, 0.5) is 0 Å². The van der Waals surface area contributed by atoms with Crippen LogP contribution < -0.4 is 4.74 Å². The second kappa shape index (κ2) is 4.26. The number of carbonyl (C=O) groups excluding carboxylic acids is 1. The highest BCUT2D eigenvalue weighted by Crippen LogP contribution is 2.26. The number of rotatable bonds is 3. The zero-order chi connectivity index (χ0) is 11.5. The van der Waals surface area contributed by atoms with Crippen LogP contribution in [0.2, 0.25) is 0 Å². The molecule has 1 heterocycles. The molecular weight excluding hydrogens is 206 g/mol. The Morgan fingerprint density at radius 1 is 1.31 bits per heavy atom. The average molecular weight is 219 g/mol. The normalized spacial score (nSPS) is 10.4. The van der Waals surface area contributed by atoms with Crippen LogP contribution in [0.25, 0.3) is 10.9 Å². The molecular formula is C12H13NO3. The molecule has 0 bridgehead atoms. The van der Waals surface area contributed by atoms with Crippen molar-refractivity contribution in [3.8, 4) is 5.75 Å². The Bertz CT molecular complexity index is 516. The van der Waals surface area contributed by atoms with Crippen molar-refractivity contribution in [2.75, 3.05) is 14.2 Å². The standard InChI is InChI=1S/C12H13NO3/c1-15-11-5-3-4-10-9(11)6-7-13(10)8-12(14)16-2/h3-7H,8H2,1-2H3. The molecule has 0 aliphatic carbocycles. The van der Waals surface area contributed by atoms with Gasteiger partial charge in [0.15, 0.2) is 0 Å². The summed E-state index contributed by atoms with van der Waals surface area (Å²) < 4.78 is 11.7. The van der Waals surface area contributed by atoms with Gasteiger partial charge in [0.1, 0.15) is 12.3 Å². The summed E-state index contributed by atoms with van der Waals surface area (Å²) in [6, 6.07) is 7.66. The quantitative estimate of drug-likeness (QED) is 0.739. The molecule has 84 valence electrons. The SMILES string of the molecule is COC(=O)Cn1ccc2c(OC)cccc21. The topological polar surface area (TPSA) is 40.5 Å². The van der Waals surface area contributed by atoms with Crippen LogP contribution in [-0.4, -0.2) is 24.8 Å². The number of hydrogen-bond donors (Lipinski definition) is 0. The molecule has 0 saturated heterocycles. The molecule has 0 radical (unpaired) electrons. The zero-order valence-electron chi connectivity index (χ0n) is 9.27. The maximum atomic E-state index is 11.2. The fourth-order valence-electron chi connectivity index (χ4n) is 1.71. The Morgan fingerprint density at radius 3 is 2.81 bits per heavy atom. The number of ether oxygens (including phenoxy) is 2. The van der Waals surface area contributed by atoms with Crippen molar-refractivity contribution in [1.29, 1.82) is 0 Å². The van der Waals surface area contributed by atoms with Gasteiger partial charge in [-0.25, -0.2) is 0 Å². The number of nitrogens with zero attached hydrogens (tertiary/aromatic N) is 1. The van der Waals surface area contributed by atoms with Crippen LogP contribution in [0.15, 0.2) is 30.5 Å². The van der Waals surface area contributed by atoms with Crippen molar-refractivity contribution < 1.29 is 14.3 Å². The molecule has 0 N–H and O–H groups in total. The summed E-state index contributed by atoms with van der Waals surface area (Å²) in [6.45, 7) is 0.215. The molecule has 0 unspecified atom stereocenters. The first-order valence-corrected chi connectivity index (χ1v) is 4.95. The van der Waals surface area contributed by atoms with Gasteiger partial charge in [-0.1, -0.05) is 6.07 Å². The summed E-state index contributed by atoms with van der Waals surface area (Å²) in [6.07, 6.45) is 1.85. The summed E-state index contributed by atoms with van der Waals surface area (Å²) in [7, 11) is 3.01. The van der Waals surface area contributed by atoms with Crippen LogP contribution in [0, 0.1) is 0 Å². The summed E-state index contributed by atoms with van der Waals surface area (Å²) in [5.41, 5.74) is 0.963. The lowest BCUT2D eigenvalue weighted by molar-refractivity contribution is -0.141. The Hall–Kier alpha value is -1.97. The third-order valence-electron chi connectivity index (χ3n) is 2.52. The molecule has 0 saturated carbocycles. The third kappa shape index (κ3) is 1.74. The Morgan fingerprint density at radius 2 is 2.12 bits per heavy atom. The lowest BCUT2D eigenvalue weighted by Crippen LogP contribution is -2.10. The number of methoxy groups -OCH3 is 2. The van der Waals surface area contributed by atoms with Crippen molar-refractivity contribution in [2.45, 2.75) is 6.54 Å². The van der Waals surface area contributed by atoms with Gasteiger partial charge in [0, 0.05) is 11.6 Å². The lowest BCUT2D eigenvalue weighted by Gasteiger charge is -2.05. The van der Waals surface area contributed by atoms with E-state index in [-0.39, 0.29) is 12.5 Å². The van der Waals surface area contributed by atoms with Gasteiger partial charge in [-0.15, -0.1) is 0 Å². The molecule has 0 spiro atoms. The fraction of sp³-hybridized carbons (Fsp3) is 0.250. The van der Waals surface area contributed by atoms with Crippen molar-refractivity contribution >= 4 is 16.9 Å². The highest BCUT2D eigenvalue weighted by atomic mass is 16.5. The van der Waals surface area contributed by atoms with E-state index >= 15 is 0 Å². The van der Waals surface area contributed by atoms with Gasteiger partial charge in [-0.05, 0) is 18.2 Å². The number of fused-ring (bicyclic) bond motifs is 1. The number of esters is 1. The monoisotopic (exact) mass is 219 g/mol. The minimum absolute atomic E-state index is 0.215. The van der Waals surface area contributed by atoms with E-state index in [0.717, 1.165) is 16.7 Å². The van der Waals surface area contributed by atoms with Crippen molar-refractivity contribution in [2.24, 2.45) is 0 Å². The van der Waals surface area contributed by atoms with Crippen LogP contribution in [0.1, 0.15) is 0 Å². The number of hydrogen-bond acceptors (Lipinski definition) is 3. The van der Waals surface area contributed by atoms with Crippen LogP contribution in [-0.2, 0) is 16.1 Å². The van der Waals surface area contributed by atoms with E-state index < -0.39 is 0 Å². The highest BCUT2D eigenvalue weighted by molar-refractivity contribution is 5.87. The molecule has 0 aliphatic rings. The molecule has 16 heavy (non-hydrogen) atoms. The lowest BCUT2D eigenvalue weighted by atomic mass is 10.2. The minimum atomic E-state index is -0.264. The number of aromatic nitrogens is 1. The van der Waals surface area contributed by atoms with Crippen LogP contribution in [0.3, 0.4) is 0 Å². The molecule has 2 aromatic rings. The molecule has 0 aliphatic heterocycles. The van der Waals surface area contributed by atoms with Gasteiger partial charge >= 0.3 is 5.97 Å². The van der Waals surface area contributed by atoms with Gasteiger partial charge in [0.2, 0.25) is 0 Å². The van der Waals surface area contributed by atoms with Crippen molar-refractivity contribution in [3.63, 3.8) is 0 Å². The summed E-state index contributed by atoms with van der Waals surface area (Å²) in [4.78, 5) is 11.2. The molecule has 4 nitrogen and oxygen atoms in total. The van der Waals surface area contributed by atoms with Crippen molar-refractivity contribution in [3.05, 3.63) is 30.5 Å². The van der Waals surface area contributed by atoms with E-state index in [1.807, 2.05) is 35.0 Å². The van der Waals surface area contributed by atoms with E-state index in [0.29, 0.717) is 0 Å². The first kappa shape index (κ1) is 10.5. The largest absolute Gasteiger partial charge is 0.496 e. The van der Waals surface area contributed by atoms with E-state index in [9.17, 15) is 4.79 Å². The third-order valence-corrected chi connectivity index (χ3v) is 2.52. The first-order valence-electron chi connectivity index (χ1n) is 4.95. The molecule has 0 atom stereocenters.